The van der Waals surface area contributed by atoms with Crippen LogP contribution in [0.5, 0.6) is 0 Å². The van der Waals surface area contributed by atoms with Crippen LogP contribution in [-0.4, -0.2) is 18.4 Å². The molecule has 3 N–H and O–H groups in total. The van der Waals surface area contributed by atoms with Gasteiger partial charge in [-0.05, 0) is 30.7 Å². The Morgan fingerprint density at radius 1 is 1.20 bits per heavy atom. The number of hydrogen-bond donors (Lipinski definition) is 2. The molecule has 1 aromatic rings. The van der Waals surface area contributed by atoms with Gasteiger partial charge in [-0.2, -0.15) is 0 Å². The first-order chi connectivity index (χ1) is 7.15. The van der Waals surface area contributed by atoms with E-state index in [4.69, 9.17) is 5.73 Å². The summed E-state index contributed by atoms with van der Waals surface area (Å²) in [5, 5.41) is 2.74. The van der Waals surface area contributed by atoms with Crippen LogP contribution >= 0.6 is 0 Å². The fraction of sp³-hybridized carbons (Fsp3) is 0.273. The highest BCUT2D eigenvalue weighted by molar-refractivity contribution is 5.97. The van der Waals surface area contributed by atoms with Crippen LogP contribution in [0.15, 0.2) is 24.3 Å². The van der Waals surface area contributed by atoms with Crippen LogP contribution in [-0.2, 0) is 0 Å². The number of nitrogens with two attached hydrogens (primary N) is 1. The van der Waals surface area contributed by atoms with Crippen LogP contribution in [0.3, 0.4) is 0 Å². The van der Waals surface area contributed by atoms with E-state index in [0.717, 1.165) is 6.42 Å². The van der Waals surface area contributed by atoms with Gasteiger partial charge in [0.1, 0.15) is 0 Å². The maximum Gasteiger partial charge on any atom is 0.251 e. The number of carbonyl (C=O) groups excluding carboxylic acids is 2. The Hall–Kier alpha value is -1.84. The molecule has 0 heterocycles. The Balaban J connectivity index is 2.71. The number of benzene rings is 1. The monoisotopic (exact) mass is 206 g/mol. The molecular weight excluding hydrogens is 192 g/mol. The van der Waals surface area contributed by atoms with Gasteiger partial charge < -0.3 is 11.1 Å². The van der Waals surface area contributed by atoms with Crippen LogP contribution < -0.4 is 11.1 Å². The van der Waals surface area contributed by atoms with Gasteiger partial charge in [-0.15, -0.1) is 0 Å². The van der Waals surface area contributed by atoms with Crippen molar-refractivity contribution in [1.82, 2.24) is 5.32 Å². The molecule has 1 rings (SSSR count). The molecule has 0 radical (unpaired) electrons. The van der Waals surface area contributed by atoms with Crippen LogP contribution in [0.4, 0.5) is 0 Å². The third kappa shape index (κ3) is 3.09. The molecule has 4 heteroatoms. The zero-order valence-corrected chi connectivity index (χ0v) is 8.62. The Morgan fingerprint density at radius 2 is 1.73 bits per heavy atom. The Bertz CT molecular complexity index is 357. The molecule has 0 saturated carbocycles. The van der Waals surface area contributed by atoms with E-state index >= 15 is 0 Å². The average Bonchev–Trinajstić information content (AvgIpc) is 2.26. The summed E-state index contributed by atoms with van der Waals surface area (Å²) in [6.07, 6.45) is 0.894. The minimum Gasteiger partial charge on any atom is -0.366 e. The summed E-state index contributed by atoms with van der Waals surface area (Å²) >= 11 is 0. The van der Waals surface area contributed by atoms with Crippen molar-refractivity contribution >= 4 is 11.8 Å². The SMILES string of the molecule is CCCNC(=O)c1ccc(C(N)=O)cc1. The Kier molecular flexibility index (Phi) is 3.85. The van der Waals surface area contributed by atoms with E-state index in [1.165, 1.54) is 0 Å². The van der Waals surface area contributed by atoms with Crippen molar-refractivity contribution in [3.63, 3.8) is 0 Å². The minimum absolute atomic E-state index is 0.132. The van der Waals surface area contributed by atoms with E-state index in [1.807, 2.05) is 6.92 Å². The van der Waals surface area contributed by atoms with Crippen LogP contribution in [0.1, 0.15) is 34.1 Å². The second-order valence-corrected chi connectivity index (χ2v) is 3.20. The molecule has 0 unspecified atom stereocenters. The molecule has 0 saturated heterocycles. The van der Waals surface area contributed by atoms with Crippen LogP contribution in [0.25, 0.3) is 0 Å². The lowest BCUT2D eigenvalue weighted by Crippen LogP contribution is -2.24. The number of carbonyl (C=O) groups is 2. The first-order valence-electron chi connectivity index (χ1n) is 4.83. The van der Waals surface area contributed by atoms with E-state index in [0.29, 0.717) is 17.7 Å². The molecule has 0 fully saturated rings. The molecule has 0 aliphatic rings. The van der Waals surface area contributed by atoms with E-state index in [1.54, 1.807) is 24.3 Å². The van der Waals surface area contributed by atoms with Gasteiger partial charge in [0.2, 0.25) is 5.91 Å². The Labute approximate surface area is 88.5 Å². The van der Waals surface area contributed by atoms with E-state index in [9.17, 15) is 9.59 Å². The van der Waals surface area contributed by atoms with Gasteiger partial charge in [0.05, 0.1) is 0 Å². The van der Waals surface area contributed by atoms with Crippen LogP contribution in [0, 0.1) is 0 Å². The molecule has 2 amide bonds. The summed E-state index contributed by atoms with van der Waals surface area (Å²) in [6.45, 7) is 2.63. The number of primary amides is 1. The molecule has 1 aromatic carbocycles. The van der Waals surface area contributed by atoms with Gasteiger partial charge in [-0.25, -0.2) is 0 Å². The average molecular weight is 206 g/mol. The van der Waals surface area contributed by atoms with Crippen molar-refractivity contribution in [1.29, 1.82) is 0 Å². The first kappa shape index (κ1) is 11.2. The predicted octanol–water partition coefficient (Wildman–Crippen LogP) is 0.925. The van der Waals surface area contributed by atoms with Crippen molar-refractivity contribution in [3.8, 4) is 0 Å². The van der Waals surface area contributed by atoms with E-state index in [-0.39, 0.29) is 5.91 Å². The fourth-order valence-electron chi connectivity index (χ4n) is 1.13. The second-order valence-electron chi connectivity index (χ2n) is 3.20. The van der Waals surface area contributed by atoms with Crippen LogP contribution in [0.2, 0.25) is 0 Å². The zero-order chi connectivity index (χ0) is 11.3. The molecule has 15 heavy (non-hydrogen) atoms. The topological polar surface area (TPSA) is 72.2 Å². The summed E-state index contributed by atoms with van der Waals surface area (Å²) in [4.78, 5) is 22.2. The van der Waals surface area contributed by atoms with Crippen molar-refractivity contribution in [2.75, 3.05) is 6.54 Å². The highest BCUT2D eigenvalue weighted by Gasteiger charge is 2.05. The first-order valence-corrected chi connectivity index (χ1v) is 4.83. The molecular formula is C11H14N2O2. The van der Waals surface area contributed by atoms with Gasteiger partial charge in [0, 0.05) is 17.7 Å². The summed E-state index contributed by atoms with van der Waals surface area (Å²) < 4.78 is 0. The highest BCUT2D eigenvalue weighted by Crippen LogP contribution is 2.03. The summed E-state index contributed by atoms with van der Waals surface area (Å²) in [5.74, 6) is -0.622. The smallest absolute Gasteiger partial charge is 0.251 e. The van der Waals surface area contributed by atoms with Gasteiger partial charge in [-0.3, -0.25) is 9.59 Å². The predicted molar refractivity (Wildman–Crippen MR) is 57.6 cm³/mol. The fourth-order valence-corrected chi connectivity index (χ4v) is 1.13. The summed E-state index contributed by atoms with van der Waals surface area (Å²) in [6, 6.07) is 6.27. The van der Waals surface area contributed by atoms with Crippen molar-refractivity contribution in [3.05, 3.63) is 35.4 Å². The van der Waals surface area contributed by atoms with Gasteiger partial charge in [-0.1, -0.05) is 6.92 Å². The number of hydrogen-bond acceptors (Lipinski definition) is 2. The molecule has 0 aromatic heterocycles. The lowest BCUT2D eigenvalue weighted by atomic mass is 10.1. The summed E-state index contributed by atoms with van der Waals surface area (Å²) in [5.41, 5.74) is 6.02. The normalized spacial score (nSPS) is 9.67. The zero-order valence-electron chi connectivity index (χ0n) is 8.62. The largest absolute Gasteiger partial charge is 0.366 e. The molecule has 0 aliphatic heterocycles. The second kappa shape index (κ2) is 5.14. The molecule has 4 nitrogen and oxygen atoms in total. The van der Waals surface area contributed by atoms with Crippen molar-refractivity contribution < 1.29 is 9.59 Å². The highest BCUT2D eigenvalue weighted by atomic mass is 16.2. The standard InChI is InChI=1S/C11H14N2O2/c1-2-7-13-11(15)9-5-3-8(4-6-9)10(12)14/h3-6H,2,7H2,1H3,(H2,12,14)(H,13,15). The maximum atomic E-state index is 11.5. The van der Waals surface area contributed by atoms with Gasteiger partial charge in [0.25, 0.3) is 5.91 Å². The lowest BCUT2D eigenvalue weighted by molar-refractivity contribution is 0.0951. The van der Waals surface area contributed by atoms with Crippen molar-refractivity contribution in [2.24, 2.45) is 5.73 Å². The third-order valence-electron chi connectivity index (χ3n) is 1.97. The maximum absolute atomic E-state index is 11.5. The minimum atomic E-state index is -0.490. The van der Waals surface area contributed by atoms with Crippen molar-refractivity contribution in [2.45, 2.75) is 13.3 Å². The molecule has 0 aliphatic carbocycles. The quantitative estimate of drug-likeness (QED) is 0.769. The number of amides is 2. The van der Waals surface area contributed by atoms with Gasteiger partial charge in [0.15, 0.2) is 0 Å². The molecule has 0 bridgehead atoms. The summed E-state index contributed by atoms with van der Waals surface area (Å²) in [7, 11) is 0. The van der Waals surface area contributed by atoms with E-state index < -0.39 is 5.91 Å². The molecule has 0 spiro atoms. The molecule has 80 valence electrons. The van der Waals surface area contributed by atoms with E-state index in [2.05, 4.69) is 5.32 Å². The third-order valence-corrected chi connectivity index (χ3v) is 1.97. The number of nitrogens with one attached hydrogen (secondary N) is 1. The Morgan fingerprint density at radius 3 is 2.20 bits per heavy atom. The lowest BCUT2D eigenvalue weighted by Gasteiger charge is -2.03. The van der Waals surface area contributed by atoms with Gasteiger partial charge >= 0.3 is 0 Å². The molecule has 0 atom stereocenters. The number of rotatable bonds is 4.